The first-order chi connectivity index (χ1) is 8.30. The number of rotatable bonds is 9. The van der Waals surface area contributed by atoms with Crippen molar-refractivity contribution < 1.29 is 9.15 Å². The smallest absolute Gasteiger partial charge is 0.393 e. The highest BCUT2D eigenvalue weighted by molar-refractivity contribution is 4.99. The number of nitrogens with one attached hydrogen (secondary N) is 1. The van der Waals surface area contributed by atoms with Crippen LogP contribution in [0, 0.1) is 5.92 Å². The molecule has 0 aliphatic carbocycles. The van der Waals surface area contributed by atoms with E-state index in [0.29, 0.717) is 18.6 Å². The van der Waals surface area contributed by atoms with Crippen LogP contribution in [0.5, 0.6) is 6.08 Å². The van der Waals surface area contributed by atoms with E-state index < -0.39 is 0 Å². The van der Waals surface area contributed by atoms with Crippen LogP contribution in [0.1, 0.15) is 45.7 Å². The maximum Gasteiger partial charge on any atom is 0.393 e. The minimum atomic E-state index is 0.394. The molecule has 4 heteroatoms. The van der Waals surface area contributed by atoms with E-state index in [1.807, 2.05) is 0 Å². The van der Waals surface area contributed by atoms with E-state index in [1.54, 1.807) is 6.26 Å². The van der Waals surface area contributed by atoms with Gasteiger partial charge in [0, 0.05) is 6.54 Å². The SMILES string of the molecule is CCCNCc1coc(OCC(CC)CC)n1. The molecule has 0 spiro atoms. The lowest BCUT2D eigenvalue weighted by atomic mass is 10.1. The highest BCUT2D eigenvalue weighted by atomic mass is 16.6. The van der Waals surface area contributed by atoms with Gasteiger partial charge in [0.15, 0.2) is 0 Å². The van der Waals surface area contributed by atoms with Crippen molar-refractivity contribution in [2.75, 3.05) is 13.2 Å². The van der Waals surface area contributed by atoms with Gasteiger partial charge in [-0.2, -0.15) is 4.98 Å². The molecule has 1 aromatic heterocycles. The number of oxazole rings is 1. The van der Waals surface area contributed by atoms with Crippen LogP contribution in [0.15, 0.2) is 10.7 Å². The molecule has 17 heavy (non-hydrogen) atoms. The Morgan fingerprint density at radius 2 is 2.12 bits per heavy atom. The maximum atomic E-state index is 5.53. The third-order valence-corrected chi connectivity index (χ3v) is 2.86. The molecule has 98 valence electrons. The molecule has 4 nitrogen and oxygen atoms in total. The lowest BCUT2D eigenvalue weighted by Crippen LogP contribution is -2.14. The van der Waals surface area contributed by atoms with Crippen molar-refractivity contribution in [1.82, 2.24) is 10.3 Å². The average Bonchev–Trinajstić information content (AvgIpc) is 2.79. The number of nitrogens with zero attached hydrogens (tertiary/aromatic N) is 1. The van der Waals surface area contributed by atoms with Gasteiger partial charge in [-0.05, 0) is 18.9 Å². The number of ether oxygens (including phenoxy) is 1. The molecular formula is C13H24N2O2. The molecule has 0 atom stereocenters. The summed E-state index contributed by atoms with van der Waals surface area (Å²) in [7, 11) is 0. The number of hydrogen-bond donors (Lipinski definition) is 1. The fraction of sp³-hybridized carbons (Fsp3) is 0.769. The molecule has 0 radical (unpaired) electrons. The molecule has 0 amide bonds. The van der Waals surface area contributed by atoms with Crippen LogP contribution >= 0.6 is 0 Å². The van der Waals surface area contributed by atoms with Crippen LogP contribution in [-0.2, 0) is 6.54 Å². The van der Waals surface area contributed by atoms with Gasteiger partial charge in [0.25, 0.3) is 0 Å². The van der Waals surface area contributed by atoms with Crippen molar-refractivity contribution in [2.24, 2.45) is 5.92 Å². The van der Waals surface area contributed by atoms with E-state index >= 15 is 0 Å². The predicted octanol–water partition coefficient (Wildman–Crippen LogP) is 2.99. The molecular weight excluding hydrogens is 216 g/mol. The van der Waals surface area contributed by atoms with Crippen LogP contribution in [-0.4, -0.2) is 18.1 Å². The molecule has 0 aliphatic heterocycles. The molecule has 0 aliphatic rings. The second-order valence-corrected chi connectivity index (χ2v) is 4.28. The monoisotopic (exact) mass is 240 g/mol. The van der Waals surface area contributed by atoms with E-state index in [2.05, 4.69) is 31.1 Å². The van der Waals surface area contributed by atoms with Crippen molar-refractivity contribution >= 4 is 0 Å². The molecule has 0 aromatic carbocycles. The van der Waals surface area contributed by atoms with Crippen molar-refractivity contribution in [3.05, 3.63) is 12.0 Å². The first kappa shape index (κ1) is 14.0. The first-order valence-corrected chi connectivity index (χ1v) is 6.58. The highest BCUT2D eigenvalue weighted by Crippen LogP contribution is 2.14. The van der Waals surface area contributed by atoms with Crippen molar-refractivity contribution in [2.45, 2.75) is 46.6 Å². The van der Waals surface area contributed by atoms with E-state index in [1.165, 1.54) is 0 Å². The zero-order valence-electron chi connectivity index (χ0n) is 11.2. The minimum Gasteiger partial charge on any atom is -0.450 e. The summed E-state index contributed by atoms with van der Waals surface area (Å²) in [5.41, 5.74) is 0.901. The average molecular weight is 240 g/mol. The maximum absolute atomic E-state index is 5.53. The van der Waals surface area contributed by atoms with Gasteiger partial charge in [0.05, 0.1) is 12.3 Å². The Morgan fingerprint density at radius 3 is 2.76 bits per heavy atom. The highest BCUT2D eigenvalue weighted by Gasteiger charge is 2.08. The molecule has 0 unspecified atom stereocenters. The van der Waals surface area contributed by atoms with Crippen LogP contribution in [0.3, 0.4) is 0 Å². The normalized spacial score (nSPS) is 11.1. The van der Waals surface area contributed by atoms with Crippen LogP contribution in [0.25, 0.3) is 0 Å². The van der Waals surface area contributed by atoms with Gasteiger partial charge in [-0.3, -0.25) is 0 Å². The molecule has 0 bridgehead atoms. The third kappa shape index (κ3) is 5.22. The van der Waals surface area contributed by atoms with Gasteiger partial charge in [-0.15, -0.1) is 0 Å². The molecule has 1 N–H and O–H groups in total. The van der Waals surface area contributed by atoms with E-state index in [4.69, 9.17) is 9.15 Å². The van der Waals surface area contributed by atoms with Crippen LogP contribution in [0.4, 0.5) is 0 Å². The third-order valence-electron chi connectivity index (χ3n) is 2.86. The summed E-state index contributed by atoms with van der Waals surface area (Å²) in [6, 6.07) is 0. The van der Waals surface area contributed by atoms with Crippen molar-refractivity contribution in [3.8, 4) is 6.08 Å². The fourth-order valence-electron chi connectivity index (χ4n) is 1.54. The zero-order chi connectivity index (χ0) is 12.5. The standard InChI is InChI=1S/C13H24N2O2/c1-4-7-14-8-12-10-17-13(15-12)16-9-11(5-2)6-3/h10-11,14H,4-9H2,1-3H3. The minimum absolute atomic E-state index is 0.394. The lowest BCUT2D eigenvalue weighted by molar-refractivity contribution is 0.183. The van der Waals surface area contributed by atoms with Gasteiger partial charge in [-0.25, -0.2) is 0 Å². The van der Waals surface area contributed by atoms with Gasteiger partial charge in [0.1, 0.15) is 6.26 Å². The Bertz CT molecular complexity index is 295. The van der Waals surface area contributed by atoms with E-state index in [9.17, 15) is 0 Å². The second-order valence-electron chi connectivity index (χ2n) is 4.28. The Kier molecular flexibility index (Phi) is 6.70. The molecule has 0 saturated carbocycles. The quantitative estimate of drug-likeness (QED) is 0.674. The largest absolute Gasteiger partial charge is 0.450 e. The van der Waals surface area contributed by atoms with E-state index in [-0.39, 0.29) is 0 Å². The van der Waals surface area contributed by atoms with Crippen molar-refractivity contribution in [3.63, 3.8) is 0 Å². The second kappa shape index (κ2) is 8.12. The number of aromatic nitrogens is 1. The van der Waals surface area contributed by atoms with Crippen LogP contribution < -0.4 is 10.1 Å². The summed E-state index contributed by atoms with van der Waals surface area (Å²) in [5.74, 6) is 0.587. The molecule has 1 rings (SSSR count). The summed E-state index contributed by atoms with van der Waals surface area (Å²) in [5, 5.41) is 3.27. The Balaban J connectivity index is 2.30. The van der Waals surface area contributed by atoms with Crippen LogP contribution in [0.2, 0.25) is 0 Å². The van der Waals surface area contributed by atoms with Gasteiger partial charge in [-0.1, -0.05) is 33.6 Å². The molecule has 1 aromatic rings. The topological polar surface area (TPSA) is 47.3 Å². The Labute approximate surface area is 104 Å². The van der Waals surface area contributed by atoms with E-state index in [0.717, 1.165) is 38.0 Å². The predicted molar refractivity (Wildman–Crippen MR) is 68.1 cm³/mol. The Morgan fingerprint density at radius 1 is 1.35 bits per heavy atom. The summed E-state index contributed by atoms with van der Waals surface area (Å²) >= 11 is 0. The molecule has 0 fully saturated rings. The van der Waals surface area contributed by atoms with Gasteiger partial charge < -0.3 is 14.5 Å². The summed E-state index contributed by atoms with van der Waals surface area (Å²) in [6.45, 7) is 8.91. The molecule has 0 saturated heterocycles. The zero-order valence-corrected chi connectivity index (χ0v) is 11.2. The van der Waals surface area contributed by atoms with Crippen molar-refractivity contribution in [1.29, 1.82) is 0 Å². The number of hydrogen-bond acceptors (Lipinski definition) is 4. The lowest BCUT2D eigenvalue weighted by Gasteiger charge is -2.10. The van der Waals surface area contributed by atoms with Gasteiger partial charge in [0.2, 0.25) is 0 Å². The molecule has 1 heterocycles. The fourth-order valence-corrected chi connectivity index (χ4v) is 1.54. The summed E-state index contributed by atoms with van der Waals surface area (Å²) in [4.78, 5) is 4.27. The Hall–Kier alpha value is -1.03. The summed E-state index contributed by atoms with van der Waals surface area (Å²) in [6.07, 6.45) is 5.43. The van der Waals surface area contributed by atoms with Gasteiger partial charge >= 0.3 is 6.08 Å². The first-order valence-electron chi connectivity index (χ1n) is 6.58. The summed E-state index contributed by atoms with van der Waals surface area (Å²) < 4.78 is 10.8.